The number of nitrogens with zero attached hydrogens (tertiary/aromatic N) is 1. The van der Waals surface area contributed by atoms with Crippen molar-refractivity contribution in [1.29, 1.82) is 0 Å². The minimum absolute atomic E-state index is 0.127. The fourth-order valence-electron chi connectivity index (χ4n) is 3.71. The molecular weight excluding hydrogens is 390 g/mol. The Morgan fingerprint density at radius 2 is 1.50 bits per heavy atom. The van der Waals surface area contributed by atoms with E-state index in [1.54, 1.807) is 0 Å². The highest BCUT2D eigenvalue weighted by Gasteiger charge is 2.21. The van der Waals surface area contributed by atoms with E-state index < -0.39 is 0 Å². The van der Waals surface area contributed by atoms with Crippen LogP contribution in [0.2, 0.25) is 0 Å². The summed E-state index contributed by atoms with van der Waals surface area (Å²) in [6.45, 7) is 10.8. The SMILES string of the molecule is C=C(NC1=NC(c2ccccc2)Nc2ccccc21)c1ccccc1C.CCCCCC. The molecule has 0 saturated heterocycles. The first kappa shape index (κ1) is 23.3. The number of para-hydroxylation sites is 1. The standard InChI is InChI=1S/C23H21N3.C6H14/c1-16-10-6-7-13-19(16)17(2)24-23-20-14-8-9-15-21(20)25-22(26-23)18-11-4-3-5-12-18;1-3-5-6-4-2/h3-15,22,25H,2H2,1H3,(H,24,26);3-6H2,1-2H3. The lowest BCUT2D eigenvalue weighted by Gasteiger charge is -2.27. The molecule has 3 nitrogen and oxygen atoms in total. The van der Waals surface area contributed by atoms with E-state index in [1.807, 2.05) is 42.5 Å². The van der Waals surface area contributed by atoms with Gasteiger partial charge in [-0.25, -0.2) is 4.99 Å². The molecule has 0 aliphatic carbocycles. The molecule has 3 aromatic carbocycles. The average Bonchev–Trinajstić information content (AvgIpc) is 2.84. The number of hydrogen-bond donors (Lipinski definition) is 2. The minimum Gasteiger partial charge on any atom is -0.359 e. The third kappa shape index (κ3) is 6.10. The van der Waals surface area contributed by atoms with Crippen LogP contribution in [0.5, 0.6) is 0 Å². The van der Waals surface area contributed by atoms with Gasteiger partial charge in [0.2, 0.25) is 0 Å². The summed E-state index contributed by atoms with van der Waals surface area (Å²) < 4.78 is 0. The molecule has 2 N–H and O–H groups in total. The van der Waals surface area contributed by atoms with Crippen LogP contribution in [0.15, 0.2) is 90.4 Å². The van der Waals surface area contributed by atoms with Gasteiger partial charge in [-0.05, 0) is 30.2 Å². The fraction of sp³-hybridized carbons (Fsp3) is 0.276. The Labute approximate surface area is 193 Å². The van der Waals surface area contributed by atoms with Crippen LogP contribution in [0.1, 0.15) is 68.0 Å². The van der Waals surface area contributed by atoms with Gasteiger partial charge in [0.15, 0.2) is 0 Å². The van der Waals surface area contributed by atoms with Crippen LogP contribution in [0, 0.1) is 6.92 Å². The van der Waals surface area contributed by atoms with Crippen molar-refractivity contribution in [2.45, 2.75) is 52.6 Å². The topological polar surface area (TPSA) is 36.4 Å². The second kappa shape index (κ2) is 11.9. The number of fused-ring (bicyclic) bond motifs is 1. The van der Waals surface area contributed by atoms with Gasteiger partial charge in [0.1, 0.15) is 12.0 Å². The Hall–Kier alpha value is -3.33. The van der Waals surface area contributed by atoms with Crippen molar-refractivity contribution in [3.63, 3.8) is 0 Å². The monoisotopic (exact) mass is 425 g/mol. The lowest BCUT2D eigenvalue weighted by Crippen LogP contribution is -2.29. The number of amidine groups is 1. The summed E-state index contributed by atoms with van der Waals surface area (Å²) in [5.74, 6) is 0.835. The molecule has 0 fully saturated rings. The van der Waals surface area contributed by atoms with Gasteiger partial charge in [-0.1, -0.05) is 113 Å². The molecule has 3 aromatic rings. The van der Waals surface area contributed by atoms with Crippen LogP contribution in [0.4, 0.5) is 5.69 Å². The van der Waals surface area contributed by atoms with Crippen molar-refractivity contribution in [3.05, 3.63) is 108 Å². The Kier molecular flexibility index (Phi) is 8.68. The minimum atomic E-state index is -0.127. The van der Waals surface area contributed by atoms with E-state index in [9.17, 15) is 0 Å². The number of hydrogen-bond acceptors (Lipinski definition) is 3. The summed E-state index contributed by atoms with van der Waals surface area (Å²) in [7, 11) is 0. The maximum atomic E-state index is 4.92. The summed E-state index contributed by atoms with van der Waals surface area (Å²) >= 11 is 0. The van der Waals surface area contributed by atoms with E-state index in [1.165, 1.54) is 31.2 Å². The molecule has 32 heavy (non-hydrogen) atoms. The van der Waals surface area contributed by atoms with Crippen LogP contribution in [0.3, 0.4) is 0 Å². The van der Waals surface area contributed by atoms with E-state index in [0.717, 1.165) is 33.9 Å². The van der Waals surface area contributed by atoms with Gasteiger partial charge in [-0.2, -0.15) is 0 Å². The van der Waals surface area contributed by atoms with Crippen LogP contribution in [-0.2, 0) is 0 Å². The second-order valence-corrected chi connectivity index (χ2v) is 8.11. The summed E-state index contributed by atoms with van der Waals surface area (Å²) in [5, 5.41) is 6.96. The van der Waals surface area contributed by atoms with Gasteiger partial charge in [-0.3, -0.25) is 0 Å². The number of rotatable bonds is 6. The number of nitrogens with one attached hydrogen (secondary N) is 2. The zero-order valence-corrected chi connectivity index (χ0v) is 19.6. The Balaban J connectivity index is 0.000000427. The number of unbranched alkanes of at least 4 members (excludes halogenated alkanes) is 3. The zero-order valence-electron chi connectivity index (χ0n) is 19.6. The molecule has 1 unspecified atom stereocenters. The molecule has 1 heterocycles. The molecular formula is C29H35N3. The second-order valence-electron chi connectivity index (χ2n) is 8.11. The molecule has 0 radical (unpaired) electrons. The summed E-state index contributed by atoms with van der Waals surface area (Å²) in [5.41, 5.74) is 6.38. The van der Waals surface area contributed by atoms with Crippen molar-refractivity contribution in [2.75, 3.05) is 5.32 Å². The molecule has 0 spiro atoms. The summed E-state index contributed by atoms with van der Waals surface area (Å²) in [4.78, 5) is 4.92. The van der Waals surface area contributed by atoms with Crippen molar-refractivity contribution < 1.29 is 0 Å². The van der Waals surface area contributed by atoms with Crippen LogP contribution >= 0.6 is 0 Å². The average molecular weight is 426 g/mol. The van der Waals surface area contributed by atoms with E-state index in [-0.39, 0.29) is 6.17 Å². The Morgan fingerprint density at radius 3 is 2.19 bits per heavy atom. The molecule has 1 aliphatic rings. The molecule has 1 aliphatic heterocycles. The summed E-state index contributed by atoms with van der Waals surface area (Å²) in [6.07, 6.45) is 5.41. The molecule has 166 valence electrons. The number of benzene rings is 3. The van der Waals surface area contributed by atoms with Crippen molar-refractivity contribution in [2.24, 2.45) is 4.99 Å². The highest BCUT2D eigenvalue weighted by molar-refractivity contribution is 6.08. The molecule has 0 aromatic heterocycles. The predicted molar refractivity (Wildman–Crippen MR) is 139 cm³/mol. The fourth-order valence-corrected chi connectivity index (χ4v) is 3.71. The van der Waals surface area contributed by atoms with E-state index in [4.69, 9.17) is 4.99 Å². The molecule has 0 bridgehead atoms. The third-order valence-electron chi connectivity index (χ3n) is 5.54. The quantitative estimate of drug-likeness (QED) is 0.397. The van der Waals surface area contributed by atoms with E-state index in [0.29, 0.717) is 0 Å². The first-order chi connectivity index (χ1) is 15.6. The highest BCUT2D eigenvalue weighted by Crippen LogP contribution is 2.29. The lowest BCUT2D eigenvalue weighted by molar-refractivity contribution is 0.702. The highest BCUT2D eigenvalue weighted by atomic mass is 15.2. The van der Waals surface area contributed by atoms with Gasteiger partial charge in [0.05, 0.1) is 0 Å². The molecule has 0 amide bonds. The molecule has 0 saturated carbocycles. The zero-order chi connectivity index (χ0) is 22.8. The third-order valence-corrected chi connectivity index (χ3v) is 5.54. The first-order valence-corrected chi connectivity index (χ1v) is 11.6. The molecule has 4 rings (SSSR count). The Bertz CT molecular complexity index is 1030. The van der Waals surface area contributed by atoms with Crippen molar-refractivity contribution in [1.82, 2.24) is 5.32 Å². The van der Waals surface area contributed by atoms with Crippen LogP contribution in [0.25, 0.3) is 5.70 Å². The normalized spacial score (nSPS) is 14.2. The maximum Gasteiger partial charge on any atom is 0.147 e. The predicted octanol–water partition coefficient (Wildman–Crippen LogP) is 7.71. The van der Waals surface area contributed by atoms with E-state index in [2.05, 4.69) is 74.4 Å². The molecule has 1 atom stereocenters. The molecule has 3 heteroatoms. The largest absolute Gasteiger partial charge is 0.359 e. The van der Waals surface area contributed by atoms with Gasteiger partial charge in [-0.15, -0.1) is 0 Å². The first-order valence-electron chi connectivity index (χ1n) is 11.6. The van der Waals surface area contributed by atoms with Crippen molar-refractivity contribution in [3.8, 4) is 0 Å². The van der Waals surface area contributed by atoms with Gasteiger partial charge in [0, 0.05) is 22.5 Å². The maximum absolute atomic E-state index is 4.92. The summed E-state index contributed by atoms with van der Waals surface area (Å²) in [6, 6.07) is 26.7. The smallest absolute Gasteiger partial charge is 0.147 e. The Morgan fingerprint density at radius 1 is 0.875 bits per heavy atom. The van der Waals surface area contributed by atoms with E-state index >= 15 is 0 Å². The van der Waals surface area contributed by atoms with Gasteiger partial charge >= 0.3 is 0 Å². The van der Waals surface area contributed by atoms with Gasteiger partial charge in [0.25, 0.3) is 0 Å². The number of aliphatic imine (C=N–C) groups is 1. The number of anilines is 1. The van der Waals surface area contributed by atoms with Gasteiger partial charge < -0.3 is 10.6 Å². The number of aryl methyl sites for hydroxylation is 1. The van der Waals surface area contributed by atoms with Crippen LogP contribution < -0.4 is 10.6 Å². The van der Waals surface area contributed by atoms with Crippen LogP contribution in [-0.4, -0.2) is 5.84 Å². The van der Waals surface area contributed by atoms with Crippen molar-refractivity contribution >= 4 is 17.2 Å². The lowest BCUT2D eigenvalue weighted by atomic mass is 10.0.